The van der Waals surface area contributed by atoms with E-state index in [1.807, 2.05) is 12.3 Å². The van der Waals surface area contributed by atoms with Crippen LogP contribution in [-0.2, 0) is 19.4 Å². The summed E-state index contributed by atoms with van der Waals surface area (Å²) < 4.78 is 2.29. The first kappa shape index (κ1) is 14.7. The van der Waals surface area contributed by atoms with Crippen molar-refractivity contribution in [3.05, 3.63) is 102 Å². The van der Waals surface area contributed by atoms with Gasteiger partial charge in [0.05, 0.1) is 0 Å². The van der Waals surface area contributed by atoms with Crippen LogP contribution in [0, 0.1) is 0 Å². The van der Waals surface area contributed by atoms with Gasteiger partial charge in [-0.05, 0) is 41.7 Å². The zero-order chi connectivity index (χ0) is 16.2. The smallest absolute Gasteiger partial charge is 0.140 e. The van der Waals surface area contributed by atoms with Gasteiger partial charge in [-0.25, -0.2) is 4.98 Å². The molecule has 0 spiro atoms. The third-order valence-corrected chi connectivity index (χ3v) is 4.44. The van der Waals surface area contributed by atoms with Crippen molar-refractivity contribution in [2.75, 3.05) is 0 Å². The molecule has 0 amide bonds. The minimum absolute atomic E-state index is 0.946. The lowest BCUT2D eigenvalue weighted by molar-refractivity contribution is 0.714. The zero-order valence-electron chi connectivity index (χ0n) is 13.6. The summed E-state index contributed by atoms with van der Waals surface area (Å²) in [4.78, 5) is 4.62. The van der Waals surface area contributed by atoms with Crippen LogP contribution in [0.4, 0.5) is 0 Å². The fourth-order valence-electron chi connectivity index (χ4n) is 3.22. The van der Waals surface area contributed by atoms with E-state index in [1.165, 1.54) is 22.1 Å². The molecule has 24 heavy (non-hydrogen) atoms. The maximum absolute atomic E-state index is 4.62. The normalized spacial score (nSPS) is 11.0. The quantitative estimate of drug-likeness (QED) is 0.514. The Bertz CT molecular complexity index is 924. The Morgan fingerprint density at radius 1 is 0.750 bits per heavy atom. The van der Waals surface area contributed by atoms with Gasteiger partial charge in [-0.2, -0.15) is 0 Å². The predicted molar refractivity (Wildman–Crippen MR) is 99.1 cm³/mol. The van der Waals surface area contributed by atoms with E-state index in [2.05, 4.69) is 82.5 Å². The maximum atomic E-state index is 4.62. The van der Waals surface area contributed by atoms with Crippen molar-refractivity contribution in [2.24, 2.45) is 0 Å². The minimum atomic E-state index is 0.946. The van der Waals surface area contributed by atoms with Crippen LogP contribution in [0.3, 0.4) is 0 Å². The molecular weight excluding hydrogens is 292 g/mol. The first-order valence-electron chi connectivity index (χ1n) is 8.41. The van der Waals surface area contributed by atoms with Crippen molar-refractivity contribution in [2.45, 2.75) is 19.4 Å². The third-order valence-electron chi connectivity index (χ3n) is 4.44. The van der Waals surface area contributed by atoms with E-state index in [1.54, 1.807) is 0 Å². The molecule has 4 aromatic rings. The average molecular weight is 312 g/mol. The van der Waals surface area contributed by atoms with E-state index in [4.69, 9.17) is 0 Å². The lowest BCUT2D eigenvalue weighted by Crippen LogP contribution is -2.00. The second-order valence-corrected chi connectivity index (χ2v) is 6.12. The number of fused-ring (bicyclic) bond motifs is 1. The van der Waals surface area contributed by atoms with Crippen molar-refractivity contribution in [1.29, 1.82) is 0 Å². The molecule has 0 atom stereocenters. The highest BCUT2D eigenvalue weighted by Gasteiger charge is 2.09. The fourth-order valence-corrected chi connectivity index (χ4v) is 3.22. The number of aryl methyl sites for hydroxylation is 2. The predicted octanol–water partition coefficient (Wildman–Crippen LogP) is 4.87. The van der Waals surface area contributed by atoms with Gasteiger partial charge in [-0.1, -0.05) is 60.7 Å². The van der Waals surface area contributed by atoms with Gasteiger partial charge in [0, 0.05) is 24.3 Å². The standard InChI is InChI=1S/C22H20N2/c1-3-8-18(9-4-1)13-15-24-17-20(16-19-10-5-2-6-11-19)21-12-7-14-23-22(21)24/h1-12,14,17H,13,15-16H2. The molecule has 4 rings (SSSR count). The molecule has 0 fully saturated rings. The number of rotatable bonds is 5. The first-order valence-corrected chi connectivity index (χ1v) is 8.41. The van der Waals surface area contributed by atoms with Gasteiger partial charge in [0.1, 0.15) is 5.65 Å². The molecule has 2 heteroatoms. The molecule has 118 valence electrons. The molecule has 0 aliphatic heterocycles. The number of hydrogen-bond donors (Lipinski definition) is 0. The molecule has 0 unspecified atom stereocenters. The molecule has 2 heterocycles. The summed E-state index contributed by atoms with van der Waals surface area (Å²) in [6, 6.07) is 25.5. The molecule has 2 aromatic heterocycles. The Kier molecular flexibility index (Phi) is 4.11. The summed E-state index contributed by atoms with van der Waals surface area (Å²) in [6.07, 6.45) is 6.12. The summed E-state index contributed by atoms with van der Waals surface area (Å²) in [5.41, 5.74) is 5.13. The Morgan fingerprint density at radius 3 is 2.21 bits per heavy atom. The van der Waals surface area contributed by atoms with Crippen molar-refractivity contribution in [3.8, 4) is 0 Å². The lowest BCUT2D eigenvalue weighted by Gasteiger charge is -2.04. The van der Waals surface area contributed by atoms with E-state index in [0.717, 1.165) is 25.0 Å². The Morgan fingerprint density at radius 2 is 1.46 bits per heavy atom. The average Bonchev–Trinajstić information content (AvgIpc) is 3.00. The molecule has 0 bridgehead atoms. The number of benzene rings is 2. The van der Waals surface area contributed by atoms with E-state index in [0.29, 0.717) is 0 Å². The number of hydrogen-bond acceptors (Lipinski definition) is 1. The largest absolute Gasteiger partial charge is 0.332 e. The van der Waals surface area contributed by atoms with Gasteiger partial charge >= 0.3 is 0 Å². The van der Waals surface area contributed by atoms with Gasteiger partial charge in [0.25, 0.3) is 0 Å². The van der Waals surface area contributed by atoms with E-state index in [9.17, 15) is 0 Å². The summed E-state index contributed by atoms with van der Waals surface area (Å²) in [5, 5.41) is 1.26. The molecule has 0 aliphatic carbocycles. The molecular formula is C22H20N2. The number of pyridine rings is 1. The third kappa shape index (κ3) is 3.09. The Labute approximate surface area is 142 Å². The highest BCUT2D eigenvalue weighted by molar-refractivity contribution is 5.80. The summed E-state index contributed by atoms with van der Waals surface area (Å²) in [6.45, 7) is 0.951. The van der Waals surface area contributed by atoms with Crippen LogP contribution in [0.1, 0.15) is 16.7 Å². The highest BCUT2D eigenvalue weighted by Crippen LogP contribution is 2.22. The molecule has 0 N–H and O–H groups in total. The van der Waals surface area contributed by atoms with Gasteiger partial charge in [-0.15, -0.1) is 0 Å². The van der Waals surface area contributed by atoms with Crippen LogP contribution in [0.5, 0.6) is 0 Å². The monoisotopic (exact) mass is 312 g/mol. The van der Waals surface area contributed by atoms with Crippen LogP contribution >= 0.6 is 0 Å². The van der Waals surface area contributed by atoms with Crippen molar-refractivity contribution in [3.63, 3.8) is 0 Å². The SMILES string of the molecule is c1ccc(CCn2cc(Cc3ccccc3)c3cccnc32)cc1. The first-order chi connectivity index (χ1) is 11.9. The zero-order valence-corrected chi connectivity index (χ0v) is 13.6. The minimum Gasteiger partial charge on any atom is -0.332 e. The van der Waals surface area contributed by atoms with Gasteiger partial charge < -0.3 is 4.57 Å². The Balaban J connectivity index is 1.64. The van der Waals surface area contributed by atoms with Gasteiger partial charge in [0.2, 0.25) is 0 Å². The lowest BCUT2D eigenvalue weighted by atomic mass is 10.1. The number of nitrogens with zero attached hydrogens (tertiary/aromatic N) is 2. The molecule has 0 aliphatic rings. The molecule has 0 saturated heterocycles. The topological polar surface area (TPSA) is 17.8 Å². The summed E-state index contributed by atoms with van der Waals surface area (Å²) in [5.74, 6) is 0. The van der Waals surface area contributed by atoms with Crippen LogP contribution in [0.2, 0.25) is 0 Å². The van der Waals surface area contributed by atoms with Crippen LogP contribution < -0.4 is 0 Å². The highest BCUT2D eigenvalue weighted by atomic mass is 15.0. The van der Waals surface area contributed by atoms with Crippen LogP contribution in [0.25, 0.3) is 11.0 Å². The van der Waals surface area contributed by atoms with Gasteiger partial charge in [-0.3, -0.25) is 0 Å². The molecule has 2 nitrogen and oxygen atoms in total. The van der Waals surface area contributed by atoms with E-state index in [-0.39, 0.29) is 0 Å². The molecule has 0 radical (unpaired) electrons. The fraction of sp³-hybridized carbons (Fsp3) is 0.136. The second kappa shape index (κ2) is 6.71. The summed E-state index contributed by atoms with van der Waals surface area (Å²) >= 11 is 0. The Hall–Kier alpha value is -2.87. The molecule has 2 aromatic carbocycles. The van der Waals surface area contributed by atoms with Crippen LogP contribution in [0.15, 0.2) is 85.2 Å². The van der Waals surface area contributed by atoms with Gasteiger partial charge in [0.15, 0.2) is 0 Å². The van der Waals surface area contributed by atoms with Crippen molar-refractivity contribution >= 4 is 11.0 Å². The number of aromatic nitrogens is 2. The van der Waals surface area contributed by atoms with E-state index >= 15 is 0 Å². The van der Waals surface area contributed by atoms with Crippen LogP contribution in [-0.4, -0.2) is 9.55 Å². The van der Waals surface area contributed by atoms with Crippen molar-refractivity contribution < 1.29 is 0 Å². The second-order valence-electron chi connectivity index (χ2n) is 6.12. The molecule has 0 saturated carbocycles. The maximum Gasteiger partial charge on any atom is 0.140 e. The van der Waals surface area contributed by atoms with Crippen molar-refractivity contribution in [1.82, 2.24) is 9.55 Å². The van der Waals surface area contributed by atoms with E-state index < -0.39 is 0 Å². The summed E-state index contributed by atoms with van der Waals surface area (Å²) in [7, 11) is 0.